The number of pyridine rings is 1. The van der Waals surface area contributed by atoms with Crippen molar-refractivity contribution in [2.24, 2.45) is 4.99 Å². The van der Waals surface area contributed by atoms with Gasteiger partial charge in [0.15, 0.2) is 5.96 Å². The molecule has 3 atom stereocenters. The van der Waals surface area contributed by atoms with Crippen molar-refractivity contribution in [3.05, 3.63) is 36.4 Å². The fourth-order valence-corrected chi connectivity index (χ4v) is 5.13. The van der Waals surface area contributed by atoms with Crippen LogP contribution in [0.1, 0.15) is 39.5 Å². The third kappa shape index (κ3) is 7.37. The highest BCUT2D eigenvalue weighted by Crippen LogP contribution is 2.23. The number of aromatic nitrogens is 1. The van der Waals surface area contributed by atoms with Crippen molar-refractivity contribution < 1.29 is 4.21 Å². The van der Waals surface area contributed by atoms with E-state index < -0.39 is 10.8 Å². The number of nitrogens with one attached hydrogen (secondary N) is 3. The number of anilines is 1. The Hall–Kier alpha value is -1.42. The highest BCUT2D eigenvalue weighted by atomic mass is 127. The Bertz CT molecular complexity index is 847. The quantitative estimate of drug-likeness (QED) is 0.204. The molecule has 0 aliphatic heterocycles. The molecule has 3 rings (SSSR count). The van der Waals surface area contributed by atoms with Crippen LogP contribution in [0.25, 0.3) is 10.9 Å². The highest BCUT2D eigenvalue weighted by molar-refractivity contribution is 14.0. The minimum atomic E-state index is -0.708. The Morgan fingerprint density at radius 3 is 2.83 bits per heavy atom. The molecule has 1 aromatic heterocycles. The van der Waals surface area contributed by atoms with Crippen molar-refractivity contribution in [3.63, 3.8) is 0 Å². The Kier molecular flexibility index (Phi) is 10.8. The van der Waals surface area contributed by atoms with Gasteiger partial charge in [0.25, 0.3) is 0 Å². The molecule has 1 aliphatic carbocycles. The van der Waals surface area contributed by atoms with Crippen molar-refractivity contribution in [1.29, 1.82) is 0 Å². The second-order valence-electron chi connectivity index (χ2n) is 7.38. The third-order valence-corrected chi connectivity index (χ3v) is 6.99. The van der Waals surface area contributed by atoms with E-state index in [0.29, 0.717) is 17.8 Å². The fraction of sp³-hybridized carbons (Fsp3) is 0.545. The zero-order valence-electron chi connectivity index (χ0n) is 17.9. The number of halogens is 1. The van der Waals surface area contributed by atoms with Crippen molar-refractivity contribution in [1.82, 2.24) is 15.6 Å². The van der Waals surface area contributed by atoms with Crippen molar-refractivity contribution >= 4 is 57.5 Å². The number of benzene rings is 1. The normalized spacial score (nSPS) is 20.3. The van der Waals surface area contributed by atoms with Crippen molar-refractivity contribution in [2.75, 3.05) is 30.7 Å². The monoisotopic (exact) mass is 543 g/mol. The second-order valence-corrected chi connectivity index (χ2v) is 9.38. The maximum Gasteiger partial charge on any atom is 0.191 e. The van der Waals surface area contributed by atoms with Gasteiger partial charge >= 0.3 is 0 Å². The van der Waals surface area contributed by atoms with E-state index in [1.807, 2.05) is 31.2 Å². The first kappa shape index (κ1) is 24.8. The molecule has 0 amide bonds. The van der Waals surface area contributed by atoms with Gasteiger partial charge < -0.3 is 16.0 Å². The van der Waals surface area contributed by atoms with Crippen molar-refractivity contribution in [2.45, 2.75) is 50.8 Å². The van der Waals surface area contributed by atoms with Gasteiger partial charge in [-0.2, -0.15) is 0 Å². The average Bonchev–Trinajstić information content (AvgIpc) is 2.76. The van der Waals surface area contributed by atoms with Gasteiger partial charge in [0.1, 0.15) is 5.82 Å². The lowest BCUT2D eigenvalue weighted by atomic mass is 9.95. The van der Waals surface area contributed by atoms with E-state index in [2.05, 4.69) is 40.0 Å². The Labute approximate surface area is 199 Å². The van der Waals surface area contributed by atoms with Crippen LogP contribution >= 0.6 is 24.0 Å². The summed E-state index contributed by atoms with van der Waals surface area (Å²) in [4.78, 5) is 9.34. The molecule has 1 heterocycles. The highest BCUT2D eigenvalue weighted by Gasteiger charge is 2.25. The predicted molar refractivity (Wildman–Crippen MR) is 139 cm³/mol. The Morgan fingerprint density at radius 2 is 2.03 bits per heavy atom. The van der Waals surface area contributed by atoms with Crippen LogP contribution in [0.5, 0.6) is 0 Å². The van der Waals surface area contributed by atoms with Crippen LogP contribution in [-0.4, -0.2) is 51.8 Å². The van der Waals surface area contributed by atoms with Crippen LogP contribution in [0.2, 0.25) is 0 Å². The zero-order valence-corrected chi connectivity index (χ0v) is 21.0. The summed E-state index contributed by atoms with van der Waals surface area (Å²) in [6.45, 7) is 6.28. The zero-order chi connectivity index (χ0) is 20.5. The summed E-state index contributed by atoms with van der Waals surface area (Å²) in [6.07, 6.45) is 4.28. The molecule has 8 heteroatoms. The molecule has 30 heavy (non-hydrogen) atoms. The molecule has 1 aromatic carbocycles. The summed E-state index contributed by atoms with van der Waals surface area (Å²) in [5.74, 6) is 2.46. The van der Waals surface area contributed by atoms with Gasteiger partial charge in [0.2, 0.25) is 0 Å². The number of aliphatic imine (C=N–C) groups is 1. The van der Waals surface area contributed by atoms with E-state index in [4.69, 9.17) is 4.99 Å². The number of hydrogen-bond acceptors (Lipinski definition) is 4. The van der Waals surface area contributed by atoms with Crippen LogP contribution in [0.15, 0.2) is 41.4 Å². The molecule has 3 unspecified atom stereocenters. The first-order valence-corrected chi connectivity index (χ1v) is 12.1. The lowest BCUT2D eigenvalue weighted by Gasteiger charge is -2.30. The first-order chi connectivity index (χ1) is 14.2. The molecule has 0 spiro atoms. The third-order valence-electron chi connectivity index (χ3n) is 5.25. The van der Waals surface area contributed by atoms with E-state index in [-0.39, 0.29) is 24.0 Å². The van der Waals surface area contributed by atoms with Crippen LogP contribution in [0.3, 0.4) is 0 Å². The van der Waals surface area contributed by atoms with E-state index in [0.717, 1.165) is 67.2 Å². The van der Waals surface area contributed by atoms with Gasteiger partial charge in [0, 0.05) is 46.3 Å². The lowest BCUT2D eigenvalue weighted by molar-refractivity contribution is 0.413. The molecule has 0 radical (unpaired) electrons. The molecule has 6 nitrogen and oxygen atoms in total. The smallest absolute Gasteiger partial charge is 0.191 e. The summed E-state index contributed by atoms with van der Waals surface area (Å²) >= 11 is 0. The van der Waals surface area contributed by atoms with Gasteiger partial charge in [-0.3, -0.25) is 9.20 Å². The number of fused-ring (bicyclic) bond motifs is 1. The van der Waals surface area contributed by atoms with Crippen LogP contribution in [0.4, 0.5) is 5.82 Å². The molecular weight excluding hydrogens is 509 g/mol. The molecule has 1 fully saturated rings. The number of rotatable bonds is 8. The first-order valence-electron chi connectivity index (χ1n) is 10.7. The van der Waals surface area contributed by atoms with E-state index >= 15 is 0 Å². The fourth-order valence-electron chi connectivity index (χ4n) is 3.78. The van der Waals surface area contributed by atoms with Crippen LogP contribution < -0.4 is 16.0 Å². The predicted octanol–water partition coefficient (Wildman–Crippen LogP) is 3.90. The summed E-state index contributed by atoms with van der Waals surface area (Å²) < 4.78 is 12.2. The summed E-state index contributed by atoms with van der Waals surface area (Å²) in [5, 5.41) is 11.7. The number of guanidine groups is 1. The Morgan fingerprint density at radius 1 is 1.20 bits per heavy atom. The van der Waals surface area contributed by atoms with E-state index in [9.17, 15) is 4.21 Å². The molecule has 1 aliphatic rings. The summed E-state index contributed by atoms with van der Waals surface area (Å²) in [5.41, 5.74) is 0.993. The second kappa shape index (κ2) is 13.1. The Balaban J connectivity index is 0.00000320. The minimum Gasteiger partial charge on any atom is -0.368 e. The van der Waals surface area contributed by atoms with Crippen molar-refractivity contribution in [3.8, 4) is 0 Å². The van der Waals surface area contributed by atoms with Crippen LogP contribution in [0, 0.1) is 0 Å². The van der Waals surface area contributed by atoms with Gasteiger partial charge in [-0.15, -0.1) is 24.0 Å². The molecule has 166 valence electrons. The van der Waals surface area contributed by atoms with Gasteiger partial charge in [-0.05, 0) is 44.4 Å². The molecule has 2 aromatic rings. The average molecular weight is 544 g/mol. The SMILES string of the molecule is CCNC(=NCCNc1ccc2ccccc2n1)NC1CCCC(S(=O)CC)C1.I. The number of nitrogens with zero attached hydrogens (tertiary/aromatic N) is 2. The summed E-state index contributed by atoms with van der Waals surface area (Å²) in [7, 11) is -0.708. The maximum absolute atomic E-state index is 12.2. The maximum atomic E-state index is 12.2. The van der Waals surface area contributed by atoms with E-state index in [1.165, 1.54) is 0 Å². The van der Waals surface area contributed by atoms with E-state index in [1.54, 1.807) is 0 Å². The minimum absolute atomic E-state index is 0. The molecule has 1 saturated carbocycles. The van der Waals surface area contributed by atoms with Gasteiger partial charge in [-0.1, -0.05) is 31.5 Å². The van der Waals surface area contributed by atoms with Crippen LogP contribution in [-0.2, 0) is 10.8 Å². The molecule has 0 bridgehead atoms. The molecule has 0 saturated heterocycles. The largest absolute Gasteiger partial charge is 0.368 e. The standard InChI is InChI=1S/C22H33N5OS.HI/c1-3-23-22(26-18-9-7-10-19(16-18)29(28)4-2)25-15-14-24-21-13-12-17-8-5-6-11-20(17)27-21;/h5-6,8,11-13,18-19H,3-4,7,9-10,14-16H2,1-2H3,(H,24,27)(H2,23,25,26);1H. The molecule has 3 N–H and O–H groups in total. The topological polar surface area (TPSA) is 78.4 Å². The van der Waals surface area contributed by atoms with Gasteiger partial charge in [0.05, 0.1) is 12.1 Å². The number of para-hydroxylation sites is 1. The lowest BCUT2D eigenvalue weighted by Crippen LogP contribution is -2.46. The number of hydrogen-bond donors (Lipinski definition) is 3. The summed E-state index contributed by atoms with van der Waals surface area (Å²) in [6, 6.07) is 12.5. The van der Waals surface area contributed by atoms with Gasteiger partial charge in [-0.25, -0.2) is 4.98 Å². The molecular formula is C22H34IN5OS.